The summed E-state index contributed by atoms with van der Waals surface area (Å²) in [6, 6.07) is 7.24. The number of benzene rings is 1. The molecule has 19 heavy (non-hydrogen) atoms. The van der Waals surface area contributed by atoms with Crippen LogP contribution in [-0.4, -0.2) is 17.6 Å². The van der Waals surface area contributed by atoms with E-state index in [9.17, 15) is 9.59 Å². The summed E-state index contributed by atoms with van der Waals surface area (Å²) in [4.78, 5) is 22.4. The van der Waals surface area contributed by atoms with Gasteiger partial charge in [-0.2, -0.15) is 0 Å². The van der Waals surface area contributed by atoms with Crippen molar-refractivity contribution in [3.63, 3.8) is 0 Å². The van der Waals surface area contributed by atoms with E-state index in [0.717, 1.165) is 5.56 Å². The third kappa shape index (κ3) is 6.45. The number of rotatable bonds is 3. The molecule has 0 bridgehead atoms. The van der Waals surface area contributed by atoms with E-state index in [1.165, 1.54) is 6.92 Å². The molecule has 0 aliphatic rings. The number of carbonyl (C=O) groups is 2. The minimum absolute atomic E-state index is 0.0921. The zero-order chi connectivity index (χ0) is 14.5. The molecule has 0 heterocycles. The van der Waals surface area contributed by atoms with E-state index in [0.29, 0.717) is 12.2 Å². The van der Waals surface area contributed by atoms with E-state index in [1.807, 2.05) is 12.1 Å². The summed E-state index contributed by atoms with van der Waals surface area (Å²) in [5, 5.41) is 5.35. The smallest absolute Gasteiger partial charge is 0.412 e. The van der Waals surface area contributed by atoms with Crippen LogP contribution < -0.4 is 10.6 Å². The van der Waals surface area contributed by atoms with Gasteiger partial charge in [0.1, 0.15) is 5.60 Å². The highest BCUT2D eigenvalue weighted by Crippen LogP contribution is 2.13. The molecule has 2 N–H and O–H groups in total. The molecule has 5 heteroatoms. The van der Waals surface area contributed by atoms with Crippen LogP contribution in [0.3, 0.4) is 0 Å². The second-order valence-corrected chi connectivity index (χ2v) is 5.24. The number of nitrogens with one attached hydrogen (secondary N) is 2. The number of anilines is 1. The fraction of sp³-hybridized carbons (Fsp3) is 0.429. The van der Waals surface area contributed by atoms with Crippen molar-refractivity contribution in [1.82, 2.24) is 5.32 Å². The summed E-state index contributed by atoms with van der Waals surface area (Å²) < 4.78 is 5.16. The van der Waals surface area contributed by atoms with E-state index in [2.05, 4.69) is 10.6 Å². The van der Waals surface area contributed by atoms with Crippen molar-refractivity contribution >= 4 is 17.7 Å². The van der Waals surface area contributed by atoms with Crippen molar-refractivity contribution in [2.24, 2.45) is 0 Å². The first-order valence-electron chi connectivity index (χ1n) is 6.09. The van der Waals surface area contributed by atoms with Gasteiger partial charge in [0, 0.05) is 19.2 Å². The van der Waals surface area contributed by atoms with E-state index >= 15 is 0 Å². The zero-order valence-corrected chi connectivity index (χ0v) is 11.7. The number of hydrogen-bond acceptors (Lipinski definition) is 3. The van der Waals surface area contributed by atoms with E-state index in [1.54, 1.807) is 32.9 Å². The Hall–Kier alpha value is -2.04. The first kappa shape index (κ1) is 15.0. The van der Waals surface area contributed by atoms with Gasteiger partial charge in [0.05, 0.1) is 0 Å². The number of hydrogen-bond donors (Lipinski definition) is 2. The molecule has 1 aromatic rings. The Morgan fingerprint density at radius 1 is 1.26 bits per heavy atom. The zero-order valence-electron chi connectivity index (χ0n) is 11.7. The van der Waals surface area contributed by atoms with Gasteiger partial charge in [-0.25, -0.2) is 4.79 Å². The van der Waals surface area contributed by atoms with Crippen molar-refractivity contribution in [2.75, 3.05) is 5.32 Å². The minimum atomic E-state index is -0.530. The van der Waals surface area contributed by atoms with E-state index in [4.69, 9.17) is 4.74 Å². The molecule has 0 atom stereocenters. The Labute approximate surface area is 113 Å². The van der Waals surface area contributed by atoms with E-state index in [-0.39, 0.29) is 5.91 Å². The summed E-state index contributed by atoms with van der Waals surface area (Å²) in [6.07, 6.45) is -0.496. The maximum atomic E-state index is 11.6. The summed E-state index contributed by atoms with van der Waals surface area (Å²) in [6.45, 7) is 7.31. The van der Waals surface area contributed by atoms with Crippen molar-refractivity contribution in [3.8, 4) is 0 Å². The second kappa shape index (κ2) is 6.22. The van der Waals surface area contributed by atoms with Crippen LogP contribution in [0.25, 0.3) is 0 Å². The average molecular weight is 264 g/mol. The van der Waals surface area contributed by atoms with Crippen LogP contribution >= 0.6 is 0 Å². The maximum Gasteiger partial charge on any atom is 0.412 e. The normalized spacial score (nSPS) is 10.7. The third-order valence-electron chi connectivity index (χ3n) is 2.11. The predicted molar refractivity (Wildman–Crippen MR) is 73.8 cm³/mol. The molecular weight excluding hydrogens is 244 g/mol. The van der Waals surface area contributed by atoms with Crippen molar-refractivity contribution < 1.29 is 14.3 Å². The van der Waals surface area contributed by atoms with Crippen LogP contribution in [0.1, 0.15) is 33.3 Å². The van der Waals surface area contributed by atoms with E-state index < -0.39 is 11.7 Å². The predicted octanol–water partition coefficient (Wildman–Crippen LogP) is 2.67. The van der Waals surface area contributed by atoms with Gasteiger partial charge in [-0.05, 0) is 38.5 Å². The lowest BCUT2D eigenvalue weighted by atomic mass is 10.2. The van der Waals surface area contributed by atoms with Gasteiger partial charge in [-0.1, -0.05) is 12.1 Å². The van der Waals surface area contributed by atoms with Crippen LogP contribution in [0.2, 0.25) is 0 Å². The largest absolute Gasteiger partial charge is 0.444 e. The fourth-order valence-corrected chi connectivity index (χ4v) is 1.41. The average Bonchev–Trinajstić information content (AvgIpc) is 2.24. The number of amides is 2. The molecule has 0 saturated carbocycles. The molecule has 0 saturated heterocycles. The molecule has 1 rings (SSSR count). The Morgan fingerprint density at radius 3 is 2.53 bits per heavy atom. The quantitative estimate of drug-likeness (QED) is 0.882. The Kier molecular flexibility index (Phi) is 4.92. The van der Waals surface area contributed by atoms with Gasteiger partial charge in [0.15, 0.2) is 0 Å². The maximum absolute atomic E-state index is 11.6. The summed E-state index contributed by atoms with van der Waals surface area (Å²) in [7, 11) is 0. The Balaban J connectivity index is 2.61. The van der Waals surface area contributed by atoms with Gasteiger partial charge in [-0.15, -0.1) is 0 Å². The Bertz CT molecular complexity index is 464. The molecule has 0 fully saturated rings. The first-order chi connectivity index (χ1) is 8.76. The van der Waals surface area contributed by atoms with Crippen LogP contribution in [0, 0.1) is 0 Å². The minimum Gasteiger partial charge on any atom is -0.444 e. The molecule has 104 valence electrons. The summed E-state index contributed by atoms with van der Waals surface area (Å²) >= 11 is 0. The lowest BCUT2D eigenvalue weighted by molar-refractivity contribution is -0.119. The molecule has 0 unspecified atom stereocenters. The standard InChI is InChI=1S/C14H20N2O3/c1-10(17)15-9-11-6-5-7-12(8-11)16-13(18)19-14(2,3)4/h5-8H,9H2,1-4H3,(H,15,17)(H,16,18). The van der Waals surface area contributed by atoms with Crippen LogP contribution in [-0.2, 0) is 16.1 Å². The summed E-state index contributed by atoms with van der Waals surface area (Å²) in [5.41, 5.74) is 1.01. The monoisotopic (exact) mass is 264 g/mol. The van der Waals surface area contributed by atoms with Crippen molar-refractivity contribution in [3.05, 3.63) is 29.8 Å². The summed E-state index contributed by atoms with van der Waals surface area (Å²) in [5.74, 6) is -0.0921. The van der Waals surface area contributed by atoms with Gasteiger partial charge in [-0.3, -0.25) is 10.1 Å². The molecule has 0 aliphatic carbocycles. The molecule has 1 aromatic carbocycles. The lowest BCUT2D eigenvalue weighted by Crippen LogP contribution is -2.27. The van der Waals surface area contributed by atoms with Gasteiger partial charge < -0.3 is 10.1 Å². The molecule has 5 nitrogen and oxygen atoms in total. The number of ether oxygens (including phenoxy) is 1. The van der Waals surface area contributed by atoms with Crippen molar-refractivity contribution in [1.29, 1.82) is 0 Å². The SMILES string of the molecule is CC(=O)NCc1cccc(NC(=O)OC(C)(C)C)c1. The van der Waals surface area contributed by atoms with Crippen LogP contribution in [0.4, 0.5) is 10.5 Å². The lowest BCUT2D eigenvalue weighted by Gasteiger charge is -2.19. The van der Waals surface area contributed by atoms with Crippen LogP contribution in [0.5, 0.6) is 0 Å². The second-order valence-electron chi connectivity index (χ2n) is 5.24. The Morgan fingerprint density at radius 2 is 1.95 bits per heavy atom. The molecule has 0 spiro atoms. The molecule has 0 radical (unpaired) electrons. The highest BCUT2D eigenvalue weighted by atomic mass is 16.6. The molecule has 2 amide bonds. The fourth-order valence-electron chi connectivity index (χ4n) is 1.41. The third-order valence-corrected chi connectivity index (χ3v) is 2.11. The van der Waals surface area contributed by atoms with Gasteiger partial charge >= 0.3 is 6.09 Å². The van der Waals surface area contributed by atoms with Gasteiger partial charge in [0.25, 0.3) is 0 Å². The topological polar surface area (TPSA) is 67.4 Å². The van der Waals surface area contributed by atoms with Crippen molar-refractivity contribution in [2.45, 2.75) is 39.8 Å². The highest BCUT2D eigenvalue weighted by Gasteiger charge is 2.16. The first-order valence-corrected chi connectivity index (χ1v) is 6.09. The highest BCUT2D eigenvalue weighted by molar-refractivity contribution is 5.85. The van der Waals surface area contributed by atoms with Crippen LogP contribution in [0.15, 0.2) is 24.3 Å². The molecule has 0 aliphatic heterocycles. The molecular formula is C14H20N2O3. The number of carbonyl (C=O) groups excluding carboxylic acids is 2. The van der Waals surface area contributed by atoms with Gasteiger partial charge in [0.2, 0.25) is 5.91 Å². The molecule has 0 aromatic heterocycles.